The van der Waals surface area contributed by atoms with Crippen LogP contribution in [0.3, 0.4) is 0 Å². The molecule has 0 amide bonds. The molecule has 0 heterocycles. The summed E-state index contributed by atoms with van der Waals surface area (Å²) in [6, 6.07) is 8.75. The Kier molecular flexibility index (Phi) is 7.89. The molecule has 0 aliphatic carbocycles. The van der Waals surface area contributed by atoms with E-state index in [9.17, 15) is 0 Å². The Balaban J connectivity index is 2.37. The van der Waals surface area contributed by atoms with Crippen molar-refractivity contribution in [1.29, 1.82) is 0 Å². The third-order valence-electron chi connectivity index (χ3n) is 2.82. The molecule has 0 atom stereocenters. The minimum absolute atomic E-state index is 0.759. The Hall–Kier alpha value is -0.710. The number of anilines is 1. The number of rotatable bonds is 9. The Morgan fingerprint density at radius 3 is 2.61 bits per heavy atom. The molecule has 0 saturated heterocycles. The average molecular weight is 268 g/mol. The third kappa shape index (κ3) is 5.76. The highest BCUT2D eigenvalue weighted by Gasteiger charge is 2.00. The highest BCUT2D eigenvalue weighted by Crippen LogP contribution is 2.14. The lowest BCUT2D eigenvalue weighted by molar-refractivity contribution is 0.199. The van der Waals surface area contributed by atoms with Crippen LogP contribution in [0.15, 0.2) is 24.3 Å². The minimum atomic E-state index is 0.759. The van der Waals surface area contributed by atoms with Gasteiger partial charge in [-0.05, 0) is 24.0 Å². The maximum absolute atomic E-state index is 5.00. The summed E-state index contributed by atoms with van der Waals surface area (Å²) < 4.78 is 5.00. The molecule has 0 saturated carbocycles. The maximum atomic E-state index is 5.00. The van der Waals surface area contributed by atoms with Gasteiger partial charge in [0.2, 0.25) is 0 Å². The van der Waals surface area contributed by atoms with Crippen LogP contribution in [-0.2, 0) is 11.3 Å². The second kappa shape index (κ2) is 9.25. The molecule has 0 fully saturated rings. The zero-order chi connectivity index (χ0) is 13.2. The number of nitrogens with one attached hydrogen (secondary N) is 1. The van der Waals surface area contributed by atoms with E-state index < -0.39 is 0 Å². The maximum Gasteiger partial charge on any atom is 0.0587 e. The fourth-order valence-corrected chi connectivity index (χ4v) is 2.09. The van der Waals surface area contributed by atoms with Crippen molar-refractivity contribution in [2.45, 2.75) is 6.54 Å². The SMILES string of the molecule is COCCNCc1ccc(N(C)CCSC)cc1. The van der Waals surface area contributed by atoms with Gasteiger partial charge >= 0.3 is 0 Å². The highest BCUT2D eigenvalue weighted by molar-refractivity contribution is 7.98. The summed E-state index contributed by atoms with van der Waals surface area (Å²) in [5.74, 6) is 1.16. The van der Waals surface area contributed by atoms with E-state index in [4.69, 9.17) is 4.74 Å². The first kappa shape index (κ1) is 15.3. The first-order valence-corrected chi connectivity index (χ1v) is 7.66. The number of hydrogen-bond donors (Lipinski definition) is 1. The van der Waals surface area contributed by atoms with E-state index in [1.54, 1.807) is 7.11 Å². The Morgan fingerprint density at radius 1 is 1.28 bits per heavy atom. The van der Waals surface area contributed by atoms with E-state index in [1.165, 1.54) is 11.3 Å². The van der Waals surface area contributed by atoms with E-state index in [1.807, 2.05) is 11.8 Å². The van der Waals surface area contributed by atoms with Crippen molar-refractivity contribution >= 4 is 17.4 Å². The van der Waals surface area contributed by atoms with Crippen LogP contribution in [0.2, 0.25) is 0 Å². The van der Waals surface area contributed by atoms with Crippen molar-refractivity contribution in [2.24, 2.45) is 0 Å². The monoisotopic (exact) mass is 268 g/mol. The molecule has 0 spiro atoms. The predicted octanol–water partition coefficient (Wildman–Crippen LogP) is 2.22. The summed E-state index contributed by atoms with van der Waals surface area (Å²) in [7, 11) is 3.86. The van der Waals surface area contributed by atoms with E-state index in [-0.39, 0.29) is 0 Å². The van der Waals surface area contributed by atoms with Gasteiger partial charge in [0.05, 0.1) is 6.61 Å². The Morgan fingerprint density at radius 2 is 2.00 bits per heavy atom. The molecule has 4 heteroatoms. The third-order valence-corrected chi connectivity index (χ3v) is 3.41. The van der Waals surface area contributed by atoms with Gasteiger partial charge in [0.25, 0.3) is 0 Å². The molecule has 0 aliphatic heterocycles. The molecule has 0 bridgehead atoms. The van der Waals surface area contributed by atoms with Crippen molar-refractivity contribution < 1.29 is 4.74 Å². The summed E-state index contributed by atoms with van der Waals surface area (Å²) in [5.41, 5.74) is 2.60. The van der Waals surface area contributed by atoms with Crippen molar-refractivity contribution in [3.8, 4) is 0 Å². The second-order valence-electron chi connectivity index (χ2n) is 4.25. The molecule has 3 nitrogen and oxygen atoms in total. The Bertz CT molecular complexity index is 316. The molecule has 1 rings (SSSR count). The quantitative estimate of drug-likeness (QED) is 0.694. The Labute approximate surface area is 115 Å². The molecule has 1 N–H and O–H groups in total. The highest BCUT2D eigenvalue weighted by atomic mass is 32.2. The van der Waals surface area contributed by atoms with Gasteiger partial charge in [-0.25, -0.2) is 0 Å². The van der Waals surface area contributed by atoms with Crippen LogP contribution in [0, 0.1) is 0 Å². The van der Waals surface area contributed by atoms with Gasteiger partial charge < -0.3 is 15.0 Å². The van der Waals surface area contributed by atoms with Gasteiger partial charge in [-0.1, -0.05) is 12.1 Å². The van der Waals surface area contributed by atoms with E-state index >= 15 is 0 Å². The van der Waals surface area contributed by atoms with E-state index in [0.717, 1.165) is 32.0 Å². The van der Waals surface area contributed by atoms with Crippen molar-refractivity contribution in [3.05, 3.63) is 29.8 Å². The topological polar surface area (TPSA) is 24.5 Å². The summed E-state index contributed by atoms with van der Waals surface area (Å²) >= 11 is 1.88. The van der Waals surface area contributed by atoms with Crippen LogP contribution in [0.25, 0.3) is 0 Å². The van der Waals surface area contributed by atoms with Crippen LogP contribution in [0.5, 0.6) is 0 Å². The van der Waals surface area contributed by atoms with E-state index in [2.05, 4.69) is 47.8 Å². The van der Waals surface area contributed by atoms with Gasteiger partial charge in [0.15, 0.2) is 0 Å². The lowest BCUT2D eigenvalue weighted by atomic mass is 10.2. The normalized spacial score (nSPS) is 10.6. The smallest absolute Gasteiger partial charge is 0.0587 e. The molecule has 0 aliphatic rings. The van der Waals surface area contributed by atoms with Crippen molar-refractivity contribution in [3.63, 3.8) is 0 Å². The fraction of sp³-hybridized carbons (Fsp3) is 0.571. The molecular formula is C14H24N2OS. The van der Waals surface area contributed by atoms with Crippen LogP contribution in [0.1, 0.15) is 5.56 Å². The molecular weight excluding hydrogens is 244 g/mol. The molecule has 18 heavy (non-hydrogen) atoms. The molecule has 1 aromatic rings. The first-order chi connectivity index (χ1) is 8.77. The number of thioether (sulfide) groups is 1. The fourth-order valence-electron chi connectivity index (χ4n) is 1.63. The van der Waals surface area contributed by atoms with Gasteiger partial charge in [-0.15, -0.1) is 0 Å². The number of ether oxygens (including phenoxy) is 1. The number of hydrogen-bond acceptors (Lipinski definition) is 4. The first-order valence-electron chi connectivity index (χ1n) is 6.26. The molecule has 0 unspecified atom stereocenters. The summed E-state index contributed by atoms with van der Waals surface area (Å²) in [5, 5.41) is 3.34. The summed E-state index contributed by atoms with van der Waals surface area (Å²) in [6.07, 6.45) is 2.14. The molecule has 1 aromatic carbocycles. The van der Waals surface area contributed by atoms with Gasteiger partial charge in [-0.2, -0.15) is 11.8 Å². The predicted molar refractivity (Wildman–Crippen MR) is 81.7 cm³/mol. The van der Waals surface area contributed by atoms with Crippen molar-refractivity contribution in [1.82, 2.24) is 5.32 Å². The number of benzene rings is 1. The molecule has 0 aromatic heterocycles. The second-order valence-corrected chi connectivity index (χ2v) is 5.24. The minimum Gasteiger partial charge on any atom is -0.383 e. The summed E-state index contributed by atoms with van der Waals surface area (Å²) in [6.45, 7) is 3.64. The van der Waals surface area contributed by atoms with Crippen molar-refractivity contribution in [2.75, 3.05) is 50.8 Å². The van der Waals surface area contributed by atoms with Crippen LogP contribution < -0.4 is 10.2 Å². The summed E-state index contributed by atoms with van der Waals surface area (Å²) in [4.78, 5) is 2.29. The van der Waals surface area contributed by atoms with Crippen LogP contribution in [-0.4, -0.2) is 45.9 Å². The van der Waals surface area contributed by atoms with Gasteiger partial charge in [0, 0.05) is 45.2 Å². The zero-order valence-corrected chi connectivity index (χ0v) is 12.4. The van der Waals surface area contributed by atoms with Gasteiger partial charge in [-0.3, -0.25) is 0 Å². The lowest BCUT2D eigenvalue weighted by Gasteiger charge is -2.19. The number of methoxy groups -OCH3 is 1. The average Bonchev–Trinajstić information content (AvgIpc) is 2.41. The lowest BCUT2D eigenvalue weighted by Crippen LogP contribution is -2.20. The van der Waals surface area contributed by atoms with E-state index in [0.29, 0.717) is 0 Å². The number of nitrogens with zero attached hydrogens (tertiary/aromatic N) is 1. The zero-order valence-electron chi connectivity index (χ0n) is 11.6. The standard InChI is InChI=1S/C14H24N2OS/c1-16(9-11-18-3)14-6-4-13(5-7-14)12-15-8-10-17-2/h4-7,15H,8-12H2,1-3H3. The molecule has 0 radical (unpaired) electrons. The molecule has 102 valence electrons. The van der Waals surface area contributed by atoms with Gasteiger partial charge in [0.1, 0.15) is 0 Å². The largest absolute Gasteiger partial charge is 0.383 e. The van der Waals surface area contributed by atoms with Crippen LogP contribution >= 0.6 is 11.8 Å². The van der Waals surface area contributed by atoms with Crippen LogP contribution in [0.4, 0.5) is 5.69 Å².